The summed E-state index contributed by atoms with van der Waals surface area (Å²) in [6.07, 6.45) is 2.47. The van der Waals surface area contributed by atoms with Crippen molar-refractivity contribution in [3.63, 3.8) is 0 Å². The fraction of sp³-hybridized carbons (Fsp3) is 0.588. The molecule has 0 N–H and O–H groups in total. The molecular formula is C17H24BrFN2O. The Labute approximate surface area is 140 Å². The highest BCUT2D eigenvalue weighted by molar-refractivity contribution is 9.10. The first kappa shape index (κ1) is 17.4. The van der Waals surface area contributed by atoms with Gasteiger partial charge in [0.05, 0.1) is 4.47 Å². The van der Waals surface area contributed by atoms with Gasteiger partial charge in [0.1, 0.15) is 5.82 Å². The van der Waals surface area contributed by atoms with Crippen LogP contribution in [-0.4, -0.2) is 48.4 Å². The molecule has 0 aliphatic carbocycles. The molecule has 1 unspecified atom stereocenters. The molecule has 22 heavy (non-hydrogen) atoms. The van der Waals surface area contributed by atoms with Gasteiger partial charge in [0.15, 0.2) is 0 Å². The lowest BCUT2D eigenvalue weighted by Crippen LogP contribution is -2.47. The molecule has 122 valence electrons. The van der Waals surface area contributed by atoms with Crippen molar-refractivity contribution < 1.29 is 9.18 Å². The van der Waals surface area contributed by atoms with Crippen LogP contribution in [0.5, 0.6) is 0 Å². The first-order chi connectivity index (χ1) is 10.4. The Bertz CT molecular complexity index is 529. The molecule has 1 saturated heterocycles. The highest BCUT2D eigenvalue weighted by Gasteiger charge is 2.27. The summed E-state index contributed by atoms with van der Waals surface area (Å²) >= 11 is 3.12. The summed E-state index contributed by atoms with van der Waals surface area (Å²) in [6, 6.07) is 4.69. The van der Waals surface area contributed by atoms with E-state index >= 15 is 0 Å². The third kappa shape index (κ3) is 4.07. The number of rotatable bonds is 5. The molecule has 1 heterocycles. The molecular weight excluding hydrogens is 347 g/mol. The fourth-order valence-electron chi connectivity index (χ4n) is 2.99. The maximum Gasteiger partial charge on any atom is 0.254 e. The number of likely N-dealkylation sites (tertiary alicyclic amines) is 1. The lowest BCUT2D eigenvalue weighted by atomic mass is 10.0. The summed E-state index contributed by atoms with van der Waals surface area (Å²) in [5.41, 5.74) is 0.398. The van der Waals surface area contributed by atoms with Gasteiger partial charge in [-0.15, -0.1) is 0 Å². The number of likely N-dealkylation sites (N-methyl/N-ethyl adjacent to an activating group) is 1. The van der Waals surface area contributed by atoms with Crippen LogP contribution in [-0.2, 0) is 0 Å². The monoisotopic (exact) mass is 370 g/mol. The van der Waals surface area contributed by atoms with Gasteiger partial charge in [-0.2, -0.15) is 0 Å². The Balaban J connectivity index is 2.12. The molecule has 5 heteroatoms. The van der Waals surface area contributed by atoms with E-state index in [1.54, 1.807) is 17.0 Å². The molecule has 1 aromatic rings. The molecule has 0 saturated carbocycles. The Morgan fingerprint density at radius 2 is 2.00 bits per heavy atom. The Morgan fingerprint density at radius 1 is 1.36 bits per heavy atom. The molecule has 1 atom stereocenters. The average molecular weight is 371 g/mol. The number of amides is 1. The van der Waals surface area contributed by atoms with Crippen molar-refractivity contribution in [3.05, 3.63) is 34.1 Å². The van der Waals surface area contributed by atoms with Gasteiger partial charge in [-0.05, 0) is 66.0 Å². The zero-order valence-electron chi connectivity index (χ0n) is 13.5. The second-order valence-electron chi connectivity index (χ2n) is 6.36. The van der Waals surface area contributed by atoms with E-state index in [4.69, 9.17) is 0 Å². The Morgan fingerprint density at radius 3 is 2.55 bits per heavy atom. The van der Waals surface area contributed by atoms with Crippen LogP contribution in [0, 0.1) is 11.7 Å². The number of carbonyl (C=O) groups excluding carboxylic acids is 1. The molecule has 1 amide bonds. The van der Waals surface area contributed by atoms with Crippen LogP contribution >= 0.6 is 15.9 Å². The summed E-state index contributed by atoms with van der Waals surface area (Å²) < 4.78 is 14.0. The van der Waals surface area contributed by atoms with Gasteiger partial charge in [-0.1, -0.05) is 13.8 Å². The zero-order valence-corrected chi connectivity index (χ0v) is 15.1. The van der Waals surface area contributed by atoms with Gasteiger partial charge in [0.25, 0.3) is 5.91 Å². The van der Waals surface area contributed by atoms with Crippen molar-refractivity contribution >= 4 is 21.8 Å². The van der Waals surface area contributed by atoms with E-state index in [1.807, 2.05) is 7.05 Å². The number of hydrogen-bond acceptors (Lipinski definition) is 2. The molecule has 2 rings (SSSR count). The molecule has 1 fully saturated rings. The second-order valence-corrected chi connectivity index (χ2v) is 7.22. The molecule has 0 spiro atoms. The van der Waals surface area contributed by atoms with Crippen LogP contribution in [0.3, 0.4) is 0 Å². The summed E-state index contributed by atoms with van der Waals surface area (Å²) in [5, 5.41) is 0. The lowest BCUT2D eigenvalue weighted by molar-refractivity contribution is 0.0641. The predicted molar refractivity (Wildman–Crippen MR) is 90.5 cm³/mol. The summed E-state index contributed by atoms with van der Waals surface area (Å²) in [6.45, 7) is 7.37. The van der Waals surface area contributed by atoms with Crippen molar-refractivity contribution in [1.82, 2.24) is 9.80 Å². The van der Waals surface area contributed by atoms with E-state index in [0.717, 1.165) is 19.6 Å². The van der Waals surface area contributed by atoms with E-state index in [2.05, 4.69) is 34.7 Å². The number of benzene rings is 1. The van der Waals surface area contributed by atoms with Crippen LogP contribution in [0.15, 0.2) is 22.7 Å². The van der Waals surface area contributed by atoms with Crippen molar-refractivity contribution in [2.75, 3.05) is 26.7 Å². The standard InChI is InChI=1S/C17H24BrFN2O/c1-12(2)16(11-21-8-4-5-9-21)20(3)17(22)13-6-7-14(18)15(19)10-13/h6-7,10,12,16H,4-5,8-9,11H2,1-3H3. The first-order valence-corrected chi connectivity index (χ1v) is 8.64. The molecule has 0 bridgehead atoms. The van der Waals surface area contributed by atoms with Gasteiger partial charge < -0.3 is 9.80 Å². The lowest BCUT2D eigenvalue weighted by Gasteiger charge is -2.34. The van der Waals surface area contributed by atoms with Gasteiger partial charge in [-0.25, -0.2) is 4.39 Å². The predicted octanol–water partition coefficient (Wildman–Crippen LogP) is 3.78. The minimum Gasteiger partial charge on any atom is -0.337 e. The van der Waals surface area contributed by atoms with E-state index in [0.29, 0.717) is 16.0 Å². The first-order valence-electron chi connectivity index (χ1n) is 7.84. The number of halogens is 2. The fourth-order valence-corrected chi connectivity index (χ4v) is 3.24. The quantitative estimate of drug-likeness (QED) is 0.787. The van der Waals surface area contributed by atoms with Crippen LogP contribution in [0.25, 0.3) is 0 Å². The Hall–Kier alpha value is -0.940. The minimum absolute atomic E-state index is 0.121. The number of carbonyl (C=O) groups is 1. The average Bonchev–Trinajstić information content (AvgIpc) is 2.99. The van der Waals surface area contributed by atoms with E-state index < -0.39 is 5.82 Å². The molecule has 0 aromatic heterocycles. The maximum absolute atomic E-state index is 13.7. The topological polar surface area (TPSA) is 23.6 Å². The summed E-state index contributed by atoms with van der Waals surface area (Å²) in [5.74, 6) is -0.168. The summed E-state index contributed by atoms with van der Waals surface area (Å²) in [7, 11) is 1.82. The third-order valence-electron chi connectivity index (χ3n) is 4.40. The van der Waals surface area contributed by atoms with Gasteiger partial charge in [0.2, 0.25) is 0 Å². The van der Waals surface area contributed by atoms with Crippen LogP contribution in [0.1, 0.15) is 37.0 Å². The smallest absolute Gasteiger partial charge is 0.254 e. The SMILES string of the molecule is CC(C)C(CN1CCCC1)N(C)C(=O)c1ccc(Br)c(F)c1. The van der Waals surface area contributed by atoms with Crippen molar-refractivity contribution in [1.29, 1.82) is 0 Å². The largest absolute Gasteiger partial charge is 0.337 e. The second kappa shape index (κ2) is 7.55. The molecule has 0 radical (unpaired) electrons. The number of hydrogen-bond donors (Lipinski definition) is 0. The van der Waals surface area contributed by atoms with E-state index in [1.165, 1.54) is 18.9 Å². The van der Waals surface area contributed by atoms with Crippen molar-refractivity contribution in [3.8, 4) is 0 Å². The zero-order chi connectivity index (χ0) is 16.3. The molecule has 1 aliphatic heterocycles. The normalized spacial score (nSPS) is 17.0. The minimum atomic E-state index is -0.403. The third-order valence-corrected chi connectivity index (χ3v) is 5.04. The highest BCUT2D eigenvalue weighted by Crippen LogP contribution is 2.20. The highest BCUT2D eigenvalue weighted by atomic mass is 79.9. The molecule has 1 aliphatic rings. The van der Waals surface area contributed by atoms with Crippen molar-refractivity contribution in [2.24, 2.45) is 5.92 Å². The number of nitrogens with zero attached hydrogens (tertiary/aromatic N) is 2. The van der Waals surface area contributed by atoms with Crippen LogP contribution in [0.2, 0.25) is 0 Å². The molecule has 1 aromatic carbocycles. The van der Waals surface area contributed by atoms with E-state index in [9.17, 15) is 9.18 Å². The Kier molecular flexibility index (Phi) is 5.98. The van der Waals surface area contributed by atoms with Crippen LogP contribution in [0.4, 0.5) is 4.39 Å². The van der Waals surface area contributed by atoms with E-state index in [-0.39, 0.29) is 11.9 Å². The molecule has 3 nitrogen and oxygen atoms in total. The summed E-state index contributed by atoms with van der Waals surface area (Å²) in [4.78, 5) is 16.8. The van der Waals surface area contributed by atoms with Crippen LogP contribution < -0.4 is 0 Å². The van der Waals surface area contributed by atoms with Crippen molar-refractivity contribution in [2.45, 2.75) is 32.7 Å². The van der Waals surface area contributed by atoms with Gasteiger partial charge >= 0.3 is 0 Å². The van der Waals surface area contributed by atoms with Gasteiger partial charge in [0, 0.05) is 25.2 Å². The maximum atomic E-state index is 13.7. The van der Waals surface area contributed by atoms with Gasteiger partial charge in [-0.3, -0.25) is 4.79 Å².